The van der Waals surface area contributed by atoms with Crippen molar-refractivity contribution in [1.29, 1.82) is 0 Å². The quantitative estimate of drug-likeness (QED) is 0.297. The van der Waals surface area contributed by atoms with Crippen LogP contribution in [0.25, 0.3) is 0 Å². The number of ether oxygens (including phenoxy) is 1. The van der Waals surface area contributed by atoms with E-state index in [1.165, 1.54) is 0 Å². The fourth-order valence-electron chi connectivity index (χ4n) is 0.827. The van der Waals surface area contributed by atoms with Crippen LogP contribution in [-0.4, -0.2) is 0 Å². The van der Waals surface area contributed by atoms with E-state index in [1.54, 1.807) is 24.3 Å². The number of allylic oxidation sites excluding steroid dienone is 3. The van der Waals surface area contributed by atoms with E-state index < -0.39 is 0 Å². The molecule has 2 heteroatoms. The average Bonchev–Trinajstić information content (AvgIpc) is 2.19. The second-order valence-electron chi connectivity index (χ2n) is 2.34. The Labute approximate surface area is 128 Å². The predicted molar refractivity (Wildman–Crippen MR) is 54.4 cm³/mol. The summed E-state index contributed by atoms with van der Waals surface area (Å²) in [7, 11) is 0. The van der Waals surface area contributed by atoms with Crippen LogP contribution in [0.1, 0.15) is 0 Å². The molecule has 1 aromatic carbocycles. The van der Waals surface area contributed by atoms with Gasteiger partial charge in [0.05, 0.1) is 0 Å². The molecule has 0 spiro atoms. The first kappa shape index (κ1) is 13.9. The van der Waals surface area contributed by atoms with E-state index >= 15 is 0 Å². The van der Waals surface area contributed by atoms with Gasteiger partial charge in [0, 0.05) is 5.75 Å². The number of hydrogen-bond acceptors (Lipinski definition) is 1. The van der Waals surface area contributed by atoms with Crippen LogP contribution < -0.4 is 56.1 Å². The van der Waals surface area contributed by atoms with Gasteiger partial charge in [0.25, 0.3) is 0 Å². The van der Waals surface area contributed by atoms with Gasteiger partial charge in [-0.3, -0.25) is 0 Å². The van der Waals surface area contributed by atoms with Crippen molar-refractivity contribution in [3.8, 4) is 5.75 Å². The van der Waals surface area contributed by atoms with Crippen molar-refractivity contribution < 1.29 is 56.1 Å². The van der Waals surface area contributed by atoms with E-state index in [0.29, 0.717) is 11.5 Å². The molecule has 0 aliphatic heterocycles. The molecule has 0 radical (unpaired) electrons. The molecule has 0 unspecified atom stereocenters. The van der Waals surface area contributed by atoms with Crippen LogP contribution in [0, 0.1) is 6.07 Å². The van der Waals surface area contributed by atoms with Crippen molar-refractivity contribution >= 4 is 0 Å². The minimum absolute atomic E-state index is 0. The van der Waals surface area contributed by atoms with E-state index in [4.69, 9.17) is 4.74 Å². The fourth-order valence-corrected chi connectivity index (χ4v) is 0.827. The fraction of sp³-hybridized carbons (Fsp3) is 0. The molecule has 0 aromatic heterocycles. The van der Waals surface area contributed by atoms with Gasteiger partial charge < -0.3 is 4.74 Å². The molecule has 0 heterocycles. The van der Waals surface area contributed by atoms with Crippen molar-refractivity contribution in [2.45, 2.75) is 0 Å². The Hall–Kier alpha value is -0.124. The van der Waals surface area contributed by atoms with Gasteiger partial charge in [-0.05, 0) is 12.2 Å². The van der Waals surface area contributed by atoms with Gasteiger partial charge in [0.1, 0.15) is 5.76 Å². The van der Waals surface area contributed by atoms with Gasteiger partial charge in [-0.1, -0.05) is 19.2 Å². The minimum atomic E-state index is 0. The molecule has 0 fully saturated rings. The molecule has 0 saturated heterocycles. The second kappa shape index (κ2) is 8.21. The molecule has 0 aliphatic carbocycles. The summed E-state index contributed by atoms with van der Waals surface area (Å²) in [5.41, 5.74) is 0. The van der Waals surface area contributed by atoms with Crippen molar-refractivity contribution in [3.63, 3.8) is 0 Å². The van der Waals surface area contributed by atoms with Crippen LogP contribution >= 0.6 is 0 Å². The van der Waals surface area contributed by atoms with E-state index in [9.17, 15) is 0 Å². The maximum absolute atomic E-state index is 5.42. The summed E-state index contributed by atoms with van der Waals surface area (Å²) in [4.78, 5) is 0. The average molecular weight is 210 g/mol. The topological polar surface area (TPSA) is 9.23 Å². The van der Waals surface area contributed by atoms with Gasteiger partial charge in [0.2, 0.25) is 0 Å². The first-order chi connectivity index (χ1) is 6.36. The zero-order valence-electron chi connectivity index (χ0n) is 8.36. The molecule has 1 rings (SSSR count). The Balaban J connectivity index is 0.00000169. The van der Waals surface area contributed by atoms with E-state index in [2.05, 4.69) is 19.2 Å². The Morgan fingerprint density at radius 1 is 1.36 bits per heavy atom. The third-order valence-electron chi connectivity index (χ3n) is 1.39. The van der Waals surface area contributed by atoms with Crippen LogP contribution in [0.15, 0.2) is 61.4 Å². The van der Waals surface area contributed by atoms with Gasteiger partial charge >= 0.3 is 51.4 Å². The molecular formula is C12H11KO. The number of para-hydroxylation sites is 1. The number of benzene rings is 1. The summed E-state index contributed by atoms with van der Waals surface area (Å²) in [5, 5.41) is 0. The third kappa shape index (κ3) is 4.93. The second-order valence-corrected chi connectivity index (χ2v) is 2.34. The Morgan fingerprint density at radius 3 is 2.64 bits per heavy atom. The van der Waals surface area contributed by atoms with E-state index in [1.807, 2.05) is 18.2 Å². The molecular weight excluding hydrogens is 199 g/mol. The van der Waals surface area contributed by atoms with Crippen molar-refractivity contribution in [3.05, 3.63) is 67.5 Å². The predicted octanol–water partition coefficient (Wildman–Crippen LogP) is 0.125. The monoisotopic (exact) mass is 210 g/mol. The molecule has 0 aliphatic rings. The normalized spacial score (nSPS) is 9.86. The van der Waals surface area contributed by atoms with Gasteiger partial charge in [0.15, 0.2) is 0 Å². The van der Waals surface area contributed by atoms with Gasteiger partial charge in [-0.2, -0.15) is 18.2 Å². The van der Waals surface area contributed by atoms with Gasteiger partial charge in [-0.15, -0.1) is 12.1 Å². The number of hydrogen-bond donors (Lipinski definition) is 0. The summed E-state index contributed by atoms with van der Waals surface area (Å²) < 4.78 is 5.42. The van der Waals surface area contributed by atoms with Crippen LogP contribution in [0.5, 0.6) is 5.75 Å². The zero-order valence-corrected chi connectivity index (χ0v) is 11.5. The zero-order chi connectivity index (χ0) is 9.52. The summed E-state index contributed by atoms with van der Waals surface area (Å²) in [6.45, 7) is 7.20. The summed E-state index contributed by atoms with van der Waals surface area (Å²) in [6, 6.07) is 10.4. The summed E-state index contributed by atoms with van der Waals surface area (Å²) in [5.74, 6) is 1.34. The third-order valence-corrected chi connectivity index (χ3v) is 1.39. The molecule has 0 bridgehead atoms. The molecule has 0 atom stereocenters. The first-order valence-electron chi connectivity index (χ1n) is 3.96. The summed E-state index contributed by atoms with van der Waals surface area (Å²) >= 11 is 0. The molecule has 0 amide bonds. The first-order valence-corrected chi connectivity index (χ1v) is 3.96. The molecule has 0 saturated carbocycles. The van der Waals surface area contributed by atoms with Crippen LogP contribution in [0.2, 0.25) is 0 Å². The van der Waals surface area contributed by atoms with Gasteiger partial charge in [-0.25, -0.2) is 0 Å². The van der Waals surface area contributed by atoms with Crippen molar-refractivity contribution in [1.82, 2.24) is 0 Å². The van der Waals surface area contributed by atoms with Crippen LogP contribution in [0.3, 0.4) is 0 Å². The van der Waals surface area contributed by atoms with Crippen molar-refractivity contribution in [2.75, 3.05) is 0 Å². The largest absolute Gasteiger partial charge is 1.00 e. The van der Waals surface area contributed by atoms with E-state index in [0.717, 1.165) is 0 Å². The SMILES string of the molecule is C=C/C=C(\C=C)Oc1[c-]cccc1.[K+]. The maximum atomic E-state index is 5.42. The van der Waals surface area contributed by atoms with Crippen LogP contribution in [-0.2, 0) is 0 Å². The van der Waals surface area contributed by atoms with Crippen LogP contribution in [0.4, 0.5) is 0 Å². The smallest absolute Gasteiger partial charge is 0.483 e. The minimum Gasteiger partial charge on any atom is -0.483 e. The molecule has 66 valence electrons. The maximum Gasteiger partial charge on any atom is 1.00 e. The number of rotatable bonds is 4. The molecule has 1 nitrogen and oxygen atoms in total. The Bertz CT molecular complexity index is 314. The summed E-state index contributed by atoms with van der Waals surface area (Å²) in [6.07, 6.45) is 5.02. The standard InChI is InChI=1S/C12H11O.K/c1-3-8-11(4-2)13-12-9-6-5-7-10-12;/h3-9H,1-2H2;/q-1;+1/b11-8+;. The Morgan fingerprint density at radius 2 is 2.14 bits per heavy atom. The Kier molecular flexibility index (Phi) is 8.13. The van der Waals surface area contributed by atoms with E-state index in [-0.39, 0.29) is 51.4 Å². The molecule has 14 heavy (non-hydrogen) atoms. The van der Waals surface area contributed by atoms with Crippen molar-refractivity contribution in [2.24, 2.45) is 0 Å². The molecule has 1 aromatic rings. The molecule has 0 N–H and O–H groups in total.